The second kappa shape index (κ2) is 15.5. The highest BCUT2D eigenvalue weighted by molar-refractivity contribution is 5.94. The first-order valence-corrected chi connectivity index (χ1v) is 13.2. The Hall–Kier alpha value is -3.94. The van der Waals surface area contributed by atoms with Crippen LogP contribution in [0.3, 0.4) is 0 Å². The van der Waals surface area contributed by atoms with E-state index in [0.29, 0.717) is 30.9 Å². The molecule has 3 aromatic carbocycles. The molecule has 0 unspecified atom stereocenters. The van der Waals surface area contributed by atoms with Crippen LogP contribution in [0, 0.1) is 0 Å². The number of anilines is 1. The highest BCUT2D eigenvalue weighted by Gasteiger charge is 2.20. The SMILES string of the molecule is C=C(CN(C)CCNC)CN(CCC(c1ccccc1)c1ccccc1)C(=O)Nc1cccc(C(=O)OC)c1. The Kier molecular flexibility index (Phi) is 11.7. The van der Waals surface area contributed by atoms with Crippen molar-refractivity contribution in [3.05, 3.63) is 114 Å². The molecule has 7 nitrogen and oxygen atoms in total. The van der Waals surface area contributed by atoms with Gasteiger partial charge in [-0.15, -0.1) is 0 Å². The van der Waals surface area contributed by atoms with Gasteiger partial charge >= 0.3 is 12.0 Å². The summed E-state index contributed by atoms with van der Waals surface area (Å²) in [6.07, 6.45) is 0.743. The van der Waals surface area contributed by atoms with E-state index >= 15 is 0 Å². The van der Waals surface area contributed by atoms with Crippen molar-refractivity contribution in [3.63, 3.8) is 0 Å². The summed E-state index contributed by atoms with van der Waals surface area (Å²) in [5.41, 5.74) is 4.28. The van der Waals surface area contributed by atoms with Crippen LogP contribution in [0.15, 0.2) is 97.1 Å². The molecule has 0 heterocycles. The molecule has 206 valence electrons. The Labute approximate surface area is 232 Å². The van der Waals surface area contributed by atoms with Crippen LogP contribution in [0.4, 0.5) is 10.5 Å². The van der Waals surface area contributed by atoms with Crippen molar-refractivity contribution in [1.29, 1.82) is 0 Å². The van der Waals surface area contributed by atoms with E-state index in [0.717, 1.165) is 25.1 Å². The van der Waals surface area contributed by atoms with Gasteiger partial charge in [-0.05, 0) is 55.4 Å². The third-order valence-electron chi connectivity index (χ3n) is 6.57. The van der Waals surface area contributed by atoms with Crippen LogP contribution >= 0.6 is 0 Å². The van der Waals surface area contributed by atoms with Crippen LogP contribution in [-0.4, -0.2) is 75.7 Å². The van der Waals surface area contributed by atoms with Gasteiger partial charge < -0.3 is 25.2 Å². The molecule has 3 rings (SSSR count). The van der Waals surface area contributed by atoms with Crippen molar-refractivity contribution in [2.24, 2.45) is 0 Å². The smallest absolute Gasteiger partial charge is 0.337 e. The van der Waals surface area contributed by atoms with Crippen LogP contribution in [-0.2, 0) is 4.74 Å². The van der Waals surface area contributed by atoms with Crippen LogP contribution < -0.4 is 10.6 Å². The Morgan fingerprint density at radius 1 is 0.897 bits per heavy atom. The molecule has 0 saturated heterocycles. The van der Waals surface area contributed by atoms with Crippen molar-refractivity contribution in [3.8, 4) is 0 Å². The summed E-state index contributed by atoms with van der Waals surface area (Å²) in [5, 5.41) is 6.13. The van der Waals surface area contributed by atoms with Crippen LogP contribution in [0.5, 0.6) is 0 Å². The molecule has 39 heavy (non-hydrogen) atoms. The molecule has 0 radical (unpaired) electrons. The van der Waals surface area contributed by atoms with Gasteiger partial charge in [-0.3, -0.25) is 0 Å². The lowest BCUT2D eigenvalue weighted by Gasteiger charge is -2.28. The highest BCUT2D eigenvalue weighted by Crippen LogP contribution is 2.28. The third-order valence-corrected chi connectivity index (χ3v) is 6.57. The first-order valence-electron chi connectivity index (χ1n) is 13.2. The summed E-state index contributed by atoms with van der Waals surface area (Å²) < 4.78 is 4.83. The molecule has 0 saturated carbocycles. The van der Waals surface area contributed by atoms with Gasteiger partial charge in [0, 0.05) is 44.3 Å². The summed E-state index contributed by atoms with van der Waals surface area (Å²) in [5.74, 6) is -0.313. The van der Waals surface area contributed by atoms with Crippen molar-refractivity contribution in [2.75, 3.05) is 59.2 Å². The minimum atomic E-state index is -0.450. The molecule has 0 aliphatic carbocycles. The number of esters is 1. The first-order chi connectivity index (χ1) is 18.9. The molecule has 3 aromatic rings. The number of carbonyl (C=O) groups is 2. The maximum atomic E-state index is 13.6. The number of ether oxygens (including phenoxy) is 1. The number of methoxy groups -OCH3 is 1. The number of hydrogen-bond donors (Lipinski definition) is 2. The molecule has 0 aromatic heterocycles. The molecule has 7 heteroatoms. The summed E-state index contributed by atoms with van der Waals surface area (Å²) in [6, 6.07) is 27.3. The second-order valence-electron chi connectivity index (χ2n) is 9.68. The van der Waals surface area contributed by atoms with Crippen molar-refractivity contribution < 1.29 is 14.3 Å². The van der Waals surface area contributed by atoms with Crippen molar-refractivity contribution >= 4 is 17.7 Å². The lowest BCUT2D eigenvalue weighted by atomic mass is 9.88. The maximum Gasteiger partial charge on any atom is 0.337 e. The van der Waals surface area contributed by atoms with Gasteiger partial charge in [0.1, 0.15) is 0 Å². The molecule has 0 atom stereocenters. The lowest BCUT2D eigenvalue weighted by molar-refractivity contribution is 0.0600. The molecule has 0 aliphatic rings. The van der Waals surface area contributed by atoms with Crippen LogP contribution in [0.25, 0.3) is 0 Å². The fourth-order valence-corrected chi connectivity index (χ4v) is 4.56. The molecule has 0 bridgehead atoms. The predicted octanol–water partition coefficient (Wildman–Crippen LogP) is 5.24. The first kappa shape index (κ1) is 29.6. The number of rotatable bonds is 14. The van der Waals surface area contributed by atoms with E-state index in [4.69, 9.17) is 4.74 Å². The van der Waals surface area contributed by atoms with Crippen molar-refractivity contribution in [1.82, 2.24) is 15.1 Å². The van der Waals surface area contributed by atoms with Crippen LogP contribution in [0.2, 0.25) is 0 Å². The van der Waals surface area contributed by atoms with Gasteiger partial charge in [0.05, 0.1) is 12.7 Å². The Balaban J connectivity index is 1.80. The summed E-state index contributed by atoms with van der Waals surface area (Å²) >= 11 is 0. The van der Waals surface area contributed by atoms with Gasteiger partial charge in [0.2, 0.25) is 0 Å². The topological polar surface area (TPSA) is 73.9 Å². The minimum absolute atomic E-state index is 0.136. The molecular formula is C32H40N4O3. The van der Waals surface area contributed by atoms with Gasteiger partial charge in [-0.2, -0.15) is 0 Å². The molecule has 0 aliphatic heterocycles. The zero-order valence-corrected chi connectivity index (χ0v) is 23.2. The van der Waals surface area contributed by atoms with Crippen LogP contribution in [0.1, 0.15) is 33.8 Å². The monoisotopic (exact) mass is 528 g/mol. The van der Waals surface area contributed by atoms with Crippen molar-refractivity contribution in [2.45, 2.75) is 12.3 Å². The average molecular weight is 529 g/mol. The Bertz CT molecular complexity index is 1160. The van der Waals surface area contributed by atoms with E-state index in [2.05, 4.69) is 46.4 Å². The zero-order chi connectivity index (χ0) is 28.0. The second-order valence-corrected chi connectivity index (χ2v) is 9.68. The third kappa shape index (κ3) is 9.39. The summed E-state index contributed by atoms with van der Waals surface area (Å²) in [4.78, 5) is 29.6. The number of amides is 2. The molecule has 2 N–H and O–H groups in total. The minimum Gasteiger partial charge on any atom is -0.465 e. The number of likely N-dealkylation sites (N-methyl/N-ethyl adjacent to an activating group) is 2. The van der Waals surface area contributed by atoms with E-state index in [-0.39, 0.29) is 11.9 Å². The number of urea groups is 1. The number of carbonyl (C=O) groups excluding carboxylic acids is 2. The van der Waals surface area contributed by atoms with E-state index in [1.807, 2.05) is 50.5 Å². The number of nitrogens with zero attached hydrogens (tertiary/aromatic N) is 2. The molecule has 0 spiro atoms. The number of nitrogens with one attached hydrogen (secondary N) is 2. The number of hydrogen-bond acceptors (Lipinski definition) is 5. The number of benzene rings is 3. The molecule has 0 fully saturated rings. The normalized spacial score (nSPS) is 10.9. The van der Waals surface area contributed by atoms with Gasteiger partial charge in [0.25, 0.3) is 0 Å². The van der Waals surface area contributed by atoms with Gasteiger partial charge in [0.15, 0.2) is 0 Å². The fourth-order valence-electron chi connectivity index (χ4n) is 4.56. The van der Waals surface area contributed by atoms with Gasteiger partial charge in [-0.25, -0.2) is 9.59 Å². The standard InChI is InChI=1S/C32H40N4O3/c1-25(23-35(3)21-19-33-2)24-36(32(38)34-29-17-11-16-28(22-29)31(37)39-4)20-18-30(26-12-7-5-8-13-26)27-14-9-6-10-15-27/h5-17,22,30,33H,1,18-21,23-24H2,2-4H3,(H,34,38). The zero-order valence-electron chi connectivity index (χ0n) is 23.2. The Morgan fingerprint density at radius 2 is 1.54 bits per heavy atom. The van der Waals surface area contributed by atoms with E-state index in [9.17, 15) is 9.59 Å². The Morgan fingerprint density at radius 3 is 2.13 bits per heavy atom. The van der Waals surface area contributed by atoms with Gasteiger partial charge in [-0.1, -0.05) is 73.3 Å². The largest absolute Gasteiger partial charge is 0.465 e. The predicted molar refractivity (Wildman–Crippen MR) is 158 cm³/mol. The highest BCUT2D eigenvalue weighted by atomic mass is 16.5. The average Bonchev–Trinajstić information content (AvgIpc) is 2.96. The molecule has 2 amide bonds. The summed E-state index contributed by atoms with van der Waals surface area (Å²) in [7, 11) is 5.32. The maximum absolute atomic E-state index is 13.6. The molecular weight excluding hydrogens is 488 g/mol. The summed E-state index contributed by atoms with van der Waals surface area (Å²) in [6.45, 7) is 7.66. The lowest BCUT2D eigenvalue weighted by Crippen LogP contribution is -2.39. The van der Waals surface area contributed by atoms with E-state index in [1.54, 1.807) is 29.2 Å². The van der Waals surface area contributed by atoms with E-state index in [1.165, 1.54) is 18.2 Å². The van der Waals surface area contributed by atoms with E-state index < -0.39 is 5.97 Å². The quantitative estimate of drug-likeness (QED) is 0.221. The fraction of sp³-hybridized carbons (Fsp3) is 0.312.